The van der Waals surface area contributed by atoms with Gasteiger partial charge in [-0.3, -0.25) is 0 Å². The molecule has 0 aliphatic heterocycles. The first-order valence-electron chi connectivity index (χ1n) is 7.08. The summed E-state index contributed by atoms with van der Waals surface area (Å²) in [4.78, 5) is 17.0. The Morgan fingerprint density at radius 3 is 1.56 bits per heavy atom. The maximum absolute atomic E-state index is 8.51. The topological polar surface area (TPSA) is 49.7 Å². The van der Waals surface area contributed by atoms with Crippen LogP contribution < -0.4 is 0 Å². The summed E-state index contributed by atoms with van der Waals surface area (Å²) in [5.74, 6) is 0. The predicted molar refractivity (Wildman–Crippen MR) is 81.7 cm³/mol. The molecule has 0 bridgehead atoms. The van der Waals surface area contributed by atoms with E-state index >= 15 is 0 Å². The molecule has 0 aromatic carbocycles. The smallest absolute Gasteiger partial charge is 1.00 e. The van der Waals surface area contributed by atoms with E-state index in [2.05, 4.69) is 6.92 Å². The molecular weight excluding hydrogens is 372 g/mol. The second-order valence-electron chi connectivity index (χ2n) is 4.62. The molecule has 3 nitrogen and oxygen atoms in total. The summed E-state index contributed by atoms with van der Waals surface area (Å²) in [7, 11) is -2.14. The molecule has 0 fully saturated rings. The van der Waals surface area contributed by atoms with E-state index in [1.807, 2.05) is 0 Å². The van der Waals surface area contributed by atoms with Gasteiger partial charge < -0.3 is 17.2 Å². The van der Waals surface area contributed by atoms with E-state index in [0.29, 0.717) is 6.61 Å². The van der Waals surface area contributed by atoms with Gasteiger partial charge in [0.05, 0.1) is 6.61 Å². The molecule has 0 saturated carbocycles. The van der Waals surface area contributed by atoms with Gasteiger partial charge in [0, 0.05) is 0 Å². The van der Waals surface area contributed by atoms with Crippen molar-refractivity contribution in [3.63, 3.8) is 0 Å². The van der Waals surface area contributed by atoms with Crippen molar-refractivity contribution in [1.82, 2.24) is 0 Å². The van der Waals surface area contributed by atoms with Crippen molar-refractivity contribution in [2.45, 2.75) is 77.6 Å². The molecule has 0 amide bonds. The van der Waals surface area contributed by atoms with E-state index in [1.165, 1.54) is 57.8 Å². The van der Waals surface area contributed by atoms with Gasteiger partial charge in [-0.25, -0.2) is 0 Å². The fraction of sp³-hybridized carbons (Fsp3) is 1.00. The molecule has 0 atom stereocenters. The van der Waals surface area contributed by atoms with Gasteiger partial charge in [0.15, 0.2) is 0 Å². The van der Waals surface area contributed by atoms with E-state index in [4.69, 9.17) is 14.3 Å². The summed E-state index contributed by atoms with van der Waals surface area (Å²) >= 11 is 0. The Bertz CT molecular complexity index is 158. The largest absolute Gasteiger partial charge is 2.00 e. The van der Waals surface area contributed by atoms with Crippen molar-refractivity contribution in [3.8, 4) is 0 Å². The van der Waals surface area contributed by atoms with Crippen molar-refractivity contribution in [2.75, 3.05) is 6.61 Å². The van der Waals surface area contributed by atoms with Crippen LogP contribution in [0.4, 0.5) is 0 Å². The van der Waals surface area contributed by atoms with Crippen molar-refractivity contribution >= 4 is 57.5 Å². The summed E-state index contributed by atoms with van der Waals surface area (Å²) < 4.78 is 4.70. The quantitative estimate of drug-likeness (QED) is 0.273. The van der Waals surface area contributed by atoms with E-state index < -0.39 is 8.60 Å². The Balaban J connectivity index is -0.000000427. The first kappa shape index (κ1) is 22.2. The van der Waals surface area contributed by atoms with Crippen molar-refractivity contribution < 1.29 is 17.2 Å². The third-order valence-electron chi connectivity index (χ3n) is 2.95. The zero-order valence-electron chi connectivity index (χ0n) is 13.9. The van der Waals surface area contributed by atoms with Crippen LogP contribution in [0.2, 0.25) is 0 Å². The normalized spacial score (nSPS) is 10.7. The Labute approximate surface area is 157 Å². The summed E-state index contributed by atoms with van der Waals surface area (Å²) in [5, 5.41) is 0. The monoisotopic (exact) mass is 404 g/mol. The van der Waals surface area contributed by atoms with Gasteiger partial charge in [0.2, 0.25) is 0 Å². The number of hydrogen-bond donors (Lipinski definition) is 2. The molecule has 0 aliphatic rings. The SMILES string of the molecule is CCCCCCCCCCCCCOP(O)O.[Ba+2].[H-].[H-]. The number of hydrogen-bond acceptors (Lipinski definition) is 3. The molecule has 0 heterocycles. The summed E-state index contributed by atoms with van der Waals surface area (Å²) in [6, 6.07) is 0. The van der Waals surface area contributed by atoms with Crippen LogP contribution in [0.3, 0.4) is 0 Å². The molecule has 0 aromatic rings. The van der Waals surface area contributed by atoms with Gasteiger partial charge in [0.1, 0.15) is 0 Å². The molecule has 0 unspecified atom stereocenters. The first-order chi connectivity index (χ1) is 8.27. The maximum atomic E-state index is 8.51. The molecule has 5 heteroatoms. The van der Waals surface area contributed by atoms with Gasteiger partial charge in [-0.15, -0.1) is 0 Å². The molecule has 0 radical (unpaired) electrons. The first-order valence-corrected chi connectivity index (χ1v) is 8.24. The van der Waals surface area contributed by atoms with Crippen molar-refractivity contribution in [1.29, 1.82) is 0 Å². The maximum Gasteiger partial charge on any atom is 2.00 e. The van der Waals surface area contributed by atoms with E-state index in [9.17, 15) is 0 Å². The second kappa shape index (κ2) is 18.9. The standard InChI is InChI=1S/C13H29O3P.Ba.2H/c1-2-3-4-5-6-7-8-9-10-11-12-13-16-17(14)15;;;/h14-15H,2-13H2,1H3;;;/q;+2;2*-1. The Morgan fingerprint density at radius 1 is 0.778 bits per heavy atom. The second-order valence-corrected chi connectivity index (χ2v) is 5.39. The summed E-state index contributed by atoms with van der Waals surface area (Å²) in [5.41, 5.74) is 0. The van der Waals surface area contributed by atoms with Crippen LogP contribution in [-0.2, 0) is 4.52 Å². The Morgan fingerprint density at radius 2 is 1.17 bits per heavy atom. The molecule has 0 saturated heterocycles. The zero-order valence-corrected chi connectivity index (χ0v) is 17.3. The minimum atomic E-state index is -2.14. The molecule has 18 heavy (non-hydrogen) atoms. The predicted octanol–water partition coefficient (Wildman–Crippen LogP) is 4.37. The van der Waals surface area contributed by atoms with E-state index in [-0.39, 0.29) is 51.7 Å². The third-order valence-corrected chi connectivity index (χ3v) is 3.37. The number of unbranched alkanes of at least 4 members (excludes halogenated alkanes) is 10. The minimum Gasteiger partial charge on any atom is -1.00 e. The molecule has 0 spiro atoms. The molecular formula is C13H31BaO3P. The van der Waals surface area contributed by atoms with Gasteiger partial charge in [-0.1, -0.05) is 71.1 Å². The summed E-state index contributed by atoms with van der Waals surface area (Å²) in [6.07, 6.45) is 14.3. The molecule has 0 rings (SSSR count). The Hall–Kier alpha value is 1.88. The van der Waals surface area contributed by atoms with Gasteiger partial charge in [-0.2, -0.15) is 0 Å². The third kappa shape index (κ3) is 20.2. The van der Waals surface area contributed by atoms with Gasteiger partial charge in [0.25, 0.3) is 0 Å². The minimum absolute atomic E-state index is 0. The van der Waals surface area contributed by atoms with Crippen LogP contribution in [0, 0.1) is 0 Å². The molecule has 0 aromatic heterocycles. The van der Waals surface area contributed by atoms with Crippen molar-refractivity contribution in [3.05, 3.63) is 0 Å². The Kier molecular flexibility index (Phi) is 23.3. The molecule has 108 valence electrons. The van der Waals surface area contributed by atoms with Crippen LogP contribution in [0.25, 0.3) is 0 Å². The average Bonchev–Trinajstić information content (AvgIpc) is 2.30. The zero-order chi connectivity index (χ0) is 12.8. The summed E-state index contributed by atoms with van der Waals surface area (Å²) in [6.45, 7) is 2.73. The van der Waals surface area contributed by atoms with Crippen LogP contribution in [0.1, 0.15) is 80.4 Å². The fourth-order valence-electron chi connectivity index (χ4n) is 1.91. The van der Waals surface area contributed by atoms with Crippen molar-refractivity contribution in [2.24, 2.45) is 0 Å². The van der Waals surface area contributed by atoms with E-state index in [0.717, 1.165) is 12.8 Å². The van der Waals surface area contributed by atoms with Crippen LogP contribution in [0.15, 0.2) is 0 Å². The number of rotatable bonds is 13. The molecule has 0 aliphatic carbocycles. The van der Waals surface area contributed by atoms with Crippen LogP contribution in [0.5, 0.6) is 0 Å². The van der Waals surface area contributed by atoms with Crippen LogP contribution in [-0.4, -0.2) is 65.3 Å². The fourth-order valence-corrected chi connectivity index (χ4v) is 2.20. The van der Waals surface area contributed by atoms with Crippen LogP contribution >= 0.6 is 8.60 Å². The molecule has 2 N–H and O–H groups in total. The van der Waals surface area contributed by atoms with E-state index in [1.54, 1.807) is 0 Å². The van der Waals surface area contributed by atoms with Gasteiger partial charge in [-0.05, 0) is 6.42 Å². The average molecular weight is 404 g/mol. The van der Waals surface area contributed by atoms with Gasteiger partial charge >= 0.3 is 57.5 Å².